The monoisotopic (exact) mass is 220 g/mol. The summed E-state index contributed by atoms with van der Waals surface area (Å²) in [6, 6.07) is 7.39. The van der Waals surface area contributed by atoms with E-state index in [0.29, 0.717) is 5.75 Å². The predicted octanol–water partition coefficient (Wildman–Crippen LogP) is 2.96. The van der Waals surface area contributed by atoms with Crippen molar-refractivity contribution in [3.63, 3.8) is 0 Å². The van der Waals surface area contributed by atoms with E-state index in [1.165, 1.54) is 0 Å². The minimum atomic E-state index is -0.960. The Morgan fingerprint density at radius 3 is 2.81 bits per heavy atom. The average molecular weight is 220 g/mol. The van der Waals surface area contributed by atoms with Crippen LogP contribution in [0.15, 0.2) is 30.3 Å². The number of carboxylic acids is 1. The third-order valence-corrected chi connectivity index (χ3v) is 2.23. The molecule has 0 saturated carbocycles. The molecule has 0 saturated heterocycles. The maximum absolute atomic E-state index is 10.4. The number of hydrogen-bond acceptors (Lipinski definition) is 2. The summed E-state index contributed by atoms with van der Waals surface area (Å²) in [5.41, 5.74) is 0.783. The standard InChI is InChI=1S/C13H16O3/c1-3-10(2)16-12-7-5-4-6-11(12)8-9-13(14)15/h4-10H,3H2,1-2H3,(H,14,15). The molecule has 0 aliphatic carbocycles. The lowest BCUT2D eigenvalue weighted by atomic mass is 10.2. The molecule has 0 aliphatic rings. The van der Waals surface area contributed by atoms with E-state index >= 15 is 0 Å². The van der Waals surface area contributed by atoms with Gasteiger partial charge < -0.3 is 9.84 Å². The van der Waals surface area contributed by atoms with Crippen LogP contribution in [0.1, 0.15) is 25.8 Å². The van der Waals surface area contributed by atoms with Crippen LogP contribution in [0.4, 0.5) is 0 Å². The molecule has 3 nitrogen and oxygen atoms in total. The molecule has 1 atom stereocenters. The molecule has 0 radical (unpaired) electrons. The number of hydrogen-bond donors (Lipinski definition) is 1. The lowest BCUT2D eigenvalue weighted by Crippen LogP contribution is -2.10. The maximum Gasteiger partial charge on any atom is 0.328 e. The van der Waals surface area contributed by atoms with Crippen molar-refractivity contribution in [3.05, 3.63) is 35.9 Å². The maximum atomic E-state index is 10.4. The predicted molar refractivity (Wildman–Crippen MR) is 63.5 cm³/mol. The minimum absolute atomic E-state index is 0.124. The number of carbonyl (C=O) groups is 1. The van der Waals surface area contributed by atoms with Crippen LogP contribution in [0.2, 0.25) is 0 Å². The van der Waals surface area contributed by atoms with Gasteiger partial charge in [0, 0.05) is 11.6 Å². The summed E-state index contributed by atoms with van der Waals surface area (Å²) in [7, 11) is 0. The van der Waals surface area contributed by atoms with Gasteiger partial charge in [0.1, 0.15) is 5.75 Å². The van der Waals surface area contributed by atoms with Gasteiger partial charge in [0.25, 0.3) is 0 Å². The second-order valence-corrected chi connectivity index (χ2v) is 3.55. The second-order valence-electron chi connectivity index (χ2n) is 3.55. The molecule has 0 aliphatic heterocycles. The fourth-order valence-electron chi connectivity index (χ4n) is 1.19. The molecular formula is C13H16O3. The molecule has 3 heteroatoms. The van der Waals surface area contributed by atoms with Crippen LogP contribution in [0.25, 0.3) is 6.08 Å². The first-order valence-corrected chi connectivity index (χ1v) is 5.30. The number of aliphatic carboxylic acids is 1. The van der Waals surface area contributed by atoms with Crippen LogP contribution in [0, 0.1) is 0 Å². The second kappa shape index (κ2) is 5.95. The molecule has 0 spiro atoms. The highest BCUT2D eigenvalue weighted by Crippen LogP contribution is 2.21. The lowest BCUT2D eigenvalue weighted by molar-refractivity contribution is -0.131. The van der Waals surface area contributed by atoms with E-state index in [2.05, 4.69) is 0 Å². The first-order valence-electron chi connectivity index (χ1n) is 5.30. The Bertz CT molecular complexity index is 383. The Balaban J connectivity index is 2.87. The van der Waals surface area contributed by atoms with Crippen molar-refractivity contribution in [2.75, 3.05) is 0 Å². The van der Waals surface area contributed by atoms with E-state index in [-0.39, 0.29) is 6.10 Å². The van der Waals surface area contributed by atoms with E-state index in [0.717, 1.165) is 18.1 Å². The van der Waals surface area contributed by atoms with Gasteiger partial charge in [-0.3, -0.25) is 0 Å². The first-order chi connectivity index (χ1) is 7.63. The highest BCUT2D eigenvalue weighted by Gasteiger charge is 2.04. The molecule has 0 fully saturated rings. The highest BCUT2D eigenvalue weighted by molar-refractivity contribution is 5.85. The van der Waals surface area contributed by atoms with Crippen LogP contribution >= 0.6 is 0 Å². The number of carboxylic acid groups (broad SMARTS) is 1. The van der Waals surface area contributed by atoms with Crippen molar-refractivity contribution in [3.8, 4) is 5.75 Å². The average Bonchev–Trinajstić information content (AvgIpc) is 2.27. The SMILES string of the molecule is CCC(C)Oc1ccccc1C=CC(=O)O. The zero-order valence-electron chi connectivity index (χ0n) is 9.51. The summed E-state index contributed by atoms with van der Waals surface area (Å²) < 4.78 is 5.68. The highest BCUT2D eigenvalue weighted by atomic mass is 16.5. The van der Waals surface area contributed by atoms with Crippen LogP contribution in [0.3, 0.4) is 0 Å². The van der Waals surface area contributed by atoms with Crippen molar-refractivity contribution in [2.24, 2.45) is 0 Å². The van der Waals surface area contributed by atoms with Gasteiger partial charge in [-0.2, -0.15) is 0 Å². The van der Waals surface area contributed by atoms with Crippen LogP contribution < -0.4 is 4.74 Å². The summed E-state index contributed by atoms with van der Waals surface area (Å²) in [5, 5.41) is 8.57. The minimum Gasteiger partial charge on any atom is -0.490 e. The van der Waals surface area contributed by atoms with Gasteiger partial charge in [-0.15, -0.1) is 0 Å². The van der Waals surface area contributed by atoms with Gasteiger partial charge >= 0.3 is 5.97 Å². The topological polar surface area (TPSA) is 46.5 Å². The number of ether oxygens (including phenoxy) is 1. The summed E-state index contributed by atoms with van der Waals surface area (Å²) in [6.07, 6.45) is 3.69. The van der Waals surface area contributed by atoms with E-state index < -0.39 is 5.97 Å². The van der Waals surface area contributed by atoms with Crippen LogP contribution in [-0.2, 0) is 4.79 Å². The molecule has 0 bridgehead atoms. The molecule has 1 N–H and O–H groups in total. The molecule has 16 heavy (non-hydrogen) atoms. The Morgan fingerprint density at radius 2 is 2.19 bits per heavy atom. The largest absolute Gasteiger partial charge is 0.490 e. The molecule has 1 unspecified atom stereocenters. The van der Waals surface area contributed by atoms with Crippen molar-refractivity contribution in [2.45, 2.75) is 26.4 Å². The van der Waals surface area contributed by atoms with E-state index in [1.54, 1.807) is 6.08 Å². The van der Waals surface area contributed by atoms with Gasteiger partial charge in [0.2, 0.25) is 0 Å². The smallest absolute Gasteiger partial charge is 0.328 e. The molecular weight excluding hydrogens is 204 g/mol. The Morgan fingerprint density at radius 1 is 1.50 bits per heavy atom. The number of rotatable bonds is 5. The Labute approximate surface area is 95.4 Å². The quantitative estimate of drug-likeness (QED) is 0.776. The summed E-state index contributed by atoms with van der Waals surface area (Å²) in [5.74, 6) is -0.243. The summed E-state index contributed by atoms with van der Waals surface area (Å²) >= 11 is 0. The number of benzene rings is 1. The van der Waals surface area contributed by atoms with Crippen molar-refractivity contribution >= 4 is 12.0 Å². The fourth-order valence-corrected chi connectivity index (χ4v) is 1.19. The van der Waals surface area contributed by atoms with Crippen molar-refractivity contribution < 1.29 is 14.6 Å². The number of para-hydroxylation sites is 1. The van der Waals surface area contributed by atoms with E-state index in [9.17, 15) is 4.79 Å². The summed E-state index contributed by atoms with van der Waals surface area (Å²) in [6.45, 7) is 4.03. The molecule has 0 amide bonds. The normalized spacial score (nSPS) is 12.6. The molecule has 1 rings (SSSR count). The Hall–Kier alpha value is -1.77. The molecule has 86 valence electrons. The van der Waals surface area contributed by atoms with Gasteiger partial charge in [0.05, 0.1) is 6.10 Å². The lowest BCUT2D eigenvalue weighted by Gasteiger charge is -2.14. The molecule has 1 aromatic rings. The first kappa shape index (κ1) is 12.3. The van der Waals surface area contributed by atoms with Crippen molar-refractivity contribution in [1.29, 1.82) is 0 Å². The van der Waals surface area contributed by atoms with Gasteiger partial charge in [-0.1, -0.05) is 25.1 Å². The molecule has 0 heterocycles. The van der Waals surface area contributed by atoms with Gasteiger partial charge in [-0.25, -0.2) is 4.79 Å². The fraction of sp³-hybridized carbons (Fsp3) is 0.308. The van der Waals surface area contributed by atoms with Gasteiger partial charge in [-0.05, 0) is 25.5 Å². The van der Waals surface area contributed by atoms with Crippen LogP contribution in [0.5, 0.6) is 5.75 Å². The zero-order chi connectivity index (χ0) is 12.0. The summed E-state index contributed by atoms with van der Waals surface area (Å²) in [4.78, 5) is 10.4. The van der Waals surface area contributed by atoms with Crippen molar-refractivity contribution in [1.82, 2.24) is 0 Å². The van der Waals surface area contributed by atoms with Crippen LogP contribution in [-0.4, -0.2) is 17.2 Å². The molecule has 0 aromatic heterocycles. The van der Waals surface area contributed by atoms with E-state index in [4.69, 9.17) is 9.84 Å². The zero-order valence-corrected chi connectivity index (χ0v) is 9.51. The Kier molecular flexibility index (Phi) is 4.58. The molecule has 1 aromatic carbocycles. The van der Waals surface area contributed by atoms with Gasteiger partial charge in [0.15, 0.2) is 0 Å². The third-order valence-electron chi connectivity index (χ3n) is 2.23. The third kappa shape index (κ3) is 3.77. The van der Waals surface area contributed by atoms with E-state index in [1.807, 2.05) is 38.1 Å².